The molecule has 0 heterocycles. The first-order valence-electron chi connectivity index (χ1n) is 7.94. The van der Waals surface area contributed by atoms with Gasteiger partial charge in [0.2, 0.25) is 0 Å². The number of hydrogen-bond donors (Lipinski definition) is 0. The average molecular weight is 363 g/mol. The van der Waals surface area contributed by atoms with Gasteiger partial charge in [0.05, 0.1) is 33.4 Å². The molecule has 2 aromatic carbocycles. The molecule has 0 radical (unpaired) electrons. The lowest BCUT2D eigenvalue weighted by Gasteiger charge is -2.20. The van der Waals surface area contributed by atoms with Crippen molar-refractivity contribution >= 4 is 5.91 Å². The Morgan fingerprint density at radius 2 is 1.58 bits per heavy atom. The number of halogens is 1. The molecule has 0 saturated heterocycles. The fourth-order valence-electron chi connectivity index (χ4n) is 2.36. The minimum atomic E-state index is -0.442. The topological polar surface area (TPSA) is 57.2 Å². The van der Waals surface area contributed by atoms with Gasteiger partial charge in [-0.1, -0.05) is 12.1 Å². The van der Waals surface area contributed by atoms with E-state index in [2.05, 4.69) is 0 Å². The average Bonchev–Trinajstić information content (AvgIpc) is 2.67. The number of ether oxygens (including phenoxy) is 4. The summed E-state index contributed by atoms with van der Waals surface area (Å²) >= 11 is 0. The quantitative estimate of drug-likeness (QED) is 0.722. The van der Waals surface area contributed by atoms with Crippen LogP contribution in [0.4, 0.5) is 4.39 Å². The van der Waals surface area contributed by atoms with E-state index in [1.807, 2.05) is 0 Å². The number of carbonyl (C=O) groups excluding carboxylic acids is 1. The Labute approximate surface area is 152 Å². The van der Waals surface area contributed by atoms with Gasteiger partial charge in [0.1, 0.15) is 12.4 Å². The van der Waals surface area contributed by atoms with Gasteiger partial charge in [-0.25, -0.2) is 4.39 Å². The fraction of sp³-hybridized carbons (Fsp3) is 0.316. The predicted octanol–water partition coefficient (Wildman–Crippen LogP) is 3.00. The molecule has 0 aliphatic rings. The van der Waals surface area contributed by atoms with E-state index in [4.69, 9.17) is 18.9 Å². The highest BCUT2D eigenvalue weighted by atomic mass is 19.1. The van der Waals surface area contributed by atoms with Gasteiger partial charge in [-0.2, -0.15) is 0 Å². The molecule has 26 heavy (non-hydrogen) atoms. The zero-order valence-electron chi connectivity index (χ0n) is 15.2. The molecule has 1 amide bonds. The molecular weight excluding hydrogens is 341 g/mol. The van der Waals surface area contributed by atoms with Crippen LogP contribution in [0, 0.1) is 5.82 Å². The monoisotopic (exact) mass is 363 g/mol. The predicted molar refractivity (Wildman–Crippen MR) is 95.0 cm³/mol. The smallest absolute Gasteiger partial charge is 0.257 e. The van der Waals surface area contributed by atoms with E-state index in [0.717, 1.165) is 0 Å². The molecule has 0 spiro atoms. The summed E-state index contributed by atoms with van der Waals surface area (Å²) in [5.74, 6) is 0.689. The van der Waals surface area contributed by atoms with Crippen molar-refractivity contribution < 1.29 is 28.1 Å². The number of hydrogen-bond acceptors (Lipinski definition) is 5. The second kappa shape index (κ2) is 8.94. The summed E-state index contributed by atoms with van der Waals surface area (Å²) in [6.45, 7) is 0.420. The highest BCUT2D eigenvalue weighted by Crippen LogP contribution is 2.35. The Hall–Kier alpha value is -2.96. The Morgan fingerprint density at radius 1 is 0.962 bits per heavy atom. The number of para-hydroxylation sites is 1. The molecule has 0 unspecified atom stereocenters. The summed E-state index contributed by atoms with van der Waals surface area (Å²) in [5.41, 5.74) is 0.332. The van der Waals surface area contributed by atoms with Crippen molar-refractivity contribution in [2.75, 3.05) is 41.5 Å². The summed E-state index contributed by atoms with van der Waals surface area (Å²) in [6.07, 6.45) is 0. The number of amides is 1. The summed E-state index contributed by atoms with van der Waals surface area (Å²) < 4.78 is 34.7. The van der Waals surface area contributed by atoms with Crippen LogP contribution in [0.2, 0.25) is 0 Å². The van der Waals surface area contributed by atoms with Crippen LogP contribution in [0.15, 0.2) is 36.4 Å². The van der Waals surface area contributed by atoms with Crippen LogP contribution in [0.25, 0.3) is 0 Å². The highest BCUT2D eigenvalue weighted by Gasteiger charge is 2.20. The van der Waals surface area contributed by atoms with Crippen molar-refractivity contribution in [2.24, 2.45) is 0 Å². The molecule has 0 aliphatic heterocycles. The van der Waals surface area contributed by atoms with Crippen LogP contribution in [0.5, 0.6) is 23.0 Å². The van der Waals surface area contributed by atoms with Gasteiger partial charge in [0, 0.05) is 19.2 Å². The lowest BCUT2D eigenvalue weighted by Crippen LogP contribution is -2.31. The molecule has 140 valence electrons. The molecule has 2 rings (SSSR count). The second-order valence-electron chi connectivity index (χ2n) is 5.41. The number of carbonyl (C=O) groups is 1. The second-order valence-corrected chi connectivity index (χ2v) is 5.41. The van der Waals surface area contributed by atoms with Gasteiger partial charge in [-0.15, -0.1) is 0 Å². The standard InChI is InChI=1S/C19H22FNO5/c1-21(9-10-26-15-8-6-5-7-14(15)20)19(22)13-11-17(24-3)18(25-4)12-16(13)23-2/h5-8,11-12H,9-10H2,1-4H3. The SMILES string of the molecule is COc1cc(OC)c(C(=O)N(C)CCOc2ccccc2F)cc1OC. The number of rotatable bonds is 8. The molecule has 0 saturated carbocycles. The van der Waals surface area contributed by atoms with E-state index in [-0.39, 0.29) is 24.8 Å². The molecule has 2 aromatic rings. The summed E-state index contributed by atoms with van der Waals surface area (Å²) in [7, 11) is 6.10. The Morgan fingerprint density at radius 3 is 2.19 bits per heavy atom. The Kier molecular flexibility index (Phi) is 6.66. The third-order valence-corrected chi connectivity index (χ3v) is 3.80. The van der Waals surface area contributed by atoms with E-state index in [9.17, 15) is 9.18 Å². The van der Waals surface area contributed by atoms with Gasteiger partial charge in [-0.3, -0.25) is 4.79 Å². The van der Waals surface area contributed by atoms with Crippen molar-refractivity contribution in [3.05, 3.63) is 47.8 Å². The Bertz CT molecular complexity index is 766. The normalized spacial score (nSPS) is 10.2. The molecular formula is C19H22FNO5. The van der Waals surface area contributed by atoms with E-state index in [1.165, 1.54) is 38.4 Å². The summed E-state index contributed by atoms with van der Waals surface area (Å²) in [4.78, 5) is 14.2. The van der Waals surface area contributed by atoms with Crippen molar-refractivity contribution in [2.45, 2.75) is 0 Å². The third kappa shape index (κ3) is 4.36. The minimum absolute atomic E-state index is 0.150. The zero-order valence-corrected chi connectivity index (χ0v) is 15.2. The lowest BCUT2D eigenvalue weighted by molar-refractivity contribution is 0.0769. The first-order valence-corrected chi connectivity index (χ1v) is 7.94. The lowest BCUT2D eigenvalue weighted by atomic mass is 10.1. The van der Waals surface area contributed by atoms with Crippen LogP contribution in [0.1, 0.15) is 10.4 Å². The first kappa shape index (κ1) is 19.4. The van der Waals surface area contributed by atoms with E-state index < -0.39 is 5.82 Å². The maximum absolute atomic E-state index is 13.5. The molecule has 0 fully saturated rings. The number of benzene rings is 2. The maximum Gasteiger partial charge on any atom is 0.257 e. The van der Waals surface area contributed by atoms with Gasteiger partial charge in [0.25, 0.3) is 5.91 Å². The van der Waals surface area contributed by atoms with Gasteiger partial charge in [0.15, 0.2) is 23.1 Å². The van der Waals surface area contributed by atoms with E-state index in [1.54, 1.807) is 31.3 Å². The van der Waals surface area contributed by atoms with E-state index >= 15 is 0 Å². The van der Waals surface area contributed by atoms with Crippen molar-refractivity contribution in [3.63, 3.8) is 0 Å². The largest absolute Gasteiger partial charge is 0.496 e. The molecule has 0 bridgehead atoms. The van der Waals surface area contributed by atoms with Gasteiger partial charge >= 0.3 is 0 Å². The van der Waals surface area contributed by atoms with Gasteiger partial charge < -0.3 is 23.8 Å². The Balaban J connectivity index is 2.08. The summed E-state index contributed by atoms with van der Waals surface area (Å²) in [6, 6.07) is 9.28. The van der Waals surface area contributed by atoms with E-state index in [0.29, 0.717) is 22.8 Å². The van der Waals surface area contributed by atoms with Crippen molar-refractivity contribution in [1.29, 1.82) is 0 Å². The molecule has 7 heteroatoms. The van der Waals surface area contributed by atoms with Gasteiger partial charge in [-0.05, 0) is 12.1 Å². The maximum atomic E-state index is 13.5. The molecule has 0 aromatic heterocycles. The van der Waals surface area contributed by atoms with Crippen LogP contribution in [-0.2, 0) is 0 Å². The number of likely N-dealkylation sites (N-methyl/N-ethyl adjacent to an activating group) is 1. The van der Waals surface area contributed by atoms with Crippen LogP contribution >= 0.6 is 0 Å². The molecule has 6 nitrogen and oxygen atoms in total. The van der Waals surface area contributed by atoms with Crippen molar-refractivity contribution in [3.8, 4) is 23.0 Å². The highest BCUT2D eigenvalue weighted by molar-refractivity contribution is 5.97. The number of nitrogens with zero attached hydrogens (tertiary/aromatic N) is 1. The fourth-order valence-corrected chi connectivity index (χ4v) is 2.36. The van der Waals surface area contributed by atoms with Crippen LogP contribution in [-0.4, -0.2) is 52.3 Å². The molecule has 0 atom stereocenters. The molecule has 0 N–H and O–H groups in total. The van der Waals surface area contributed by atoms with Crippen molar-refractivity contribution in [1.82, 2.24) is 4.90 Å². The first-order chi connectivity index (χ1) is 12.5. The molecule has 0 aliphatic carbocycles. The minimum Gasteiger partial charge on any atom is -0.496 e. The van der Waals surface area contributed by atoms with Crippen LogP contribution in [0.3, 0.4) is 0 Å². The third-order valence-electron chi connectivity index (χ3n) is 3.80. The number of methoxy groups -OCH3 is 3. The van der Waals surface area contributed by atoms with Crippen LogP contribution < -0.4 is 18.9 Å². The zero-order chi connectivity index (χ0) is 19.1. The summed E-state index contributed by atoms with van der Waals surface area (Å²) in [5, 5.41) is 0.